The molecule has 5 nitrogen and oxygen atoms in total. The van der Waals surface area contributed by atoms with Gasteiger partial charge in [0.25, 0.3) is 0 Å². The fraction of sp³-hybridized carbons (Fsp3) is 0.450. The maximum atomic E-state index is 5.42. The normalized spacial score (nSPS) is 15.9. The average molecular weight is 500 g/mol. The van der Waals surface area contributed by atoms with Gasteiger partial charge in [0, 0.05) is 30.6 Å². The number of aliphatic imine (C=N–C) groups is 1. The zero-order valence-corrected chi connectivity index (χ0v) is 19.1. The highest BCUT2D eigenvalue weighted by Gasteiger charge is 2.24. The van der Waals surface area contributed by atoms with Crippen molar-refractivity contribution in [3.8, 4) is 5.75 Å². The number of hydrogen-bond donors (Lipinski definition) is 2. The van der Waals surface area contributed by atoms with Crippen LogP contribution < -0.4 is 15.4 Å². The molecule has 1 atom stereocenters. The van der Waals surface area contributed by atoms with E-state index in [4.69, 9.17) is 4.74 Å². The van der Waals surface area contributed by atoms with Crippen molar-refractivity contribution in [1.82, 2.24) is 15.5 Å². The molecule has 3 rings (SSSR count). The van der Waals surface area contributed by atoms with E-state index in [2.05, 4.69) is 44.1 Å². The average Bonchev–Trinajstić information content (AvgIpc) is 3.39. The fourth-order valence-electron chi connectivity index (χ4n) is 3.39. The lowest BCUT2D eigenvalue weighted by atomic mass is 10.2. The van der Waals surface area contributed by atoms with Crippen molar-refractivity contribution in [2.75, 3.05) is 33.8 Å². The summed E-state index contributed by atoms with van der Waals surface area (Å²) in [5.74, 6) is 1.71. The van der Waals surface area contributed by atoms with E-state index in [1.165, 1.54) is 30.8 Å². The predicted molar refractivity (Wildman–Crippen MR) is 124 cm³/mol. The molecule has 2 aromatic rings. The third kappa shape index (κ3) is 6.08. The van der Waals surface area contributed by atoms with Crippen LogP contribution in [0, 0.1) is 0 Å². The summed E-state index contributed by atoms with van der Waals surface area (Å²) in [6.07, 6.45) is 2.59. The van der Waals surface area contributed by atoms with Crippen molar-refractivity contribution in [3.05, 3.63) is 52.2 Å². The molecule has 1 aromatic carbocycles. The van der Waals surface area contributed by atoms with Crippen LogP contribution in [0.5, 0.6) is 5.75 Å². The van der Waals surface area contributed by atoms with Crippen LogP contribution in [0.3, 0.4) is 0 Å². The van der Waals surface area contributed by atoms with Crippen molar-refractivity contribution >= 4 is 41.3 Å². The number of guanidine groups is 1. The molecule has 1 aromatic heterocycles. The maximum absolute atomic E-state index is 5.42. The Labute approximate surface area is 183 Å². The number of nitrogens with one attached hydrogen (secondary N) is 2. The summed E-state index contributed by atoms with van der Waals surface area (Å²) in [4.78, 5) is 8.37. The first kappa shape index (κ1) is 22.0. The van der Waals surface area contributed by atoms with Gasteiger partial charge in [-0.2, -0.15) is 0 Å². The van der Waals surface area contributed by atoms with Crippen molar-refractivity contribution in [1.29, 1.82) is 0 Å². The Kier molecular flexibility index (Phi) is 9.36. The lowest BCUT2D eigenvalue weighted by Gasteiger charge is -2.27. The molecular weight excluding hydrogens is 471 g/mol. The second-order valence-electron chi connectivity index (χ2n) is 6.39. The minimum atomic E-state index is 0. The van der Waals surface area contributed by atoms with Crippen LogP contribution in [0.25, 0.3) is 0 Å². The summed E-state index contributed by atoms with van der Waals surface area (Å²) in [6.45, 7) is 3.89. The molecule has 1 aliphatic rings. The number of ether oxygens (including phenoxy) is 1. The molecular formula is C20H29IN4OS. The minimum Gasteiger partial charge on any atom is -0.496 e. The Hall–Kier alpha value is -1.32. The fourth-order valence-corrected chi connectivity index (χ4v) is 4.25. The van der Waals surface area contributed by atoms with Crippen molar-refractivity contribution in [2.24, 2.45) is 4.99 Å². The van der Waals surface area contributed by atoms with Crippen LogP contribution in [0.1, 0.15) is 29.3 Å². The third-order valence-corrected chi connectivity index (χ3v) is 5.75. The molecule has 0 amide bonds. The summed E-state index contributed by atoms with van der Waals surface area (Å²) >= 11 is 1.83. The van der Waals surface area contributed by atoms with Gasteiger partial charge < -0.3 is 15.4 Å². The largest absolute Gasteiger partial charge is 0.496 e. The molecule has 2 N–H and O–H groups in total. The van der Waals surface area contributed by atoms with Gasteiger partial charge in [-0.3, -0.25) is 9.89 Å². The lowest BCUT2D eigenvalue weighted by Crippen LogP contribution is -2.42. The molecule has 0 saturated carbocycles. The summed E-state index contributed by atoms with van der Waals surface area (Å²) in [7, 11) is 3.52. The molecule has 1 fully saturated rings. The van der Waals surface area contributed by atoms with Gasteiger partial charge in [-0.15, -0.1) is 35.3 Å². The first-order valence-corrected chi connectivity index (χ1v) is 10.0. The number of methoxy groups -OCH3 is 1. The number of nitrogens with zero attached hydrogens (tertiary/aromatic N) is 2. The lowest BCUT2D eigenvalue weighted by molar-refractivity contribution is 0.249. The molecule has 0 spiro atoms. The Balaban J connectivity index is 0.00000261. The van der Waals surface area contributed by atoms with Gasteiger partial charge >= 0.3 is 0 Å². The van der Waals surface area contributed by atoms with Gasteiger partial charge in [-0.05, 0) is 43.4 Å². The molecule has 148 valence electrons. The van der Waals surface area contributed by atoms with Crippen LogP contribution in [-0.2, 0) is 6.54 Å². The van der Waals surface area contributed by atoms with E-state index in [1.54, 1.807) is 7.11 Å². The summed E-state index contributed by atoms with van der Waals surface area (Å²) < 4.78 is 5.42. The number of likely N-dealkylation sites (tertiary alicyclic amines) is 1. The Morgan fingerprint density at radius 3 is 2.63 bits per heavy atom. The predicted octanol–water partition coefficient (Wildman–Crippen LogP) is 3.88. The van der Waals surface area contributed by atoms with Crippen LogP contribution >= 0.6 is 35.3 Å². The van der Waals surface area contributed by atoms with E-state index in [1.807, 2.05) is 36.6 Å². The molecule has 0 radical (unpaired) electrons. The molecule has 1 unspecified atom stereocenters. The van der Waals surface area contributed by atoms with Crippen molar-refractivity contribution < 1.29 is 4.74 Å². The third-order valence-electron chi connectivity index (χ3n) is 4.78. The van der Waals surface area contributed by atoms with Crippen LogP contribution in [0.2, 0.25) is 0 Å². The van der Waals surface area contributed by atoms with Gasteiger partial charge in [0.2, 0.25) is 0 Å². The van der Waals surface area contributed by atoms with E-state index in [9.17, 15) is 0 Å². The highest BCUT2D eigenvalue weighted by molar-refractivity contribution is 14.0. The van der Waals surface area contributed by atoms with Gasteiger partial charge in [-0.1, -0.05) is 24.3 Å². The SMILES string of the molecule is CN=C(NCc1ccccc1OC)NCC(c1cccs1)N1CCCC1.I. The zero-order valence-electron chi connectivity index (χ0n) is 16.0. The van der Waals surface area contributed by atoms with Crippen molar-refractivity contribution in [3.63, 3.8) is 0 Å². The number of para-hydroxylation sites is 1. The number of rotatable bonds is 7. The smallest absolute Gasteiger partial charge is 0.191 e. The van der Waals surface area contributed by atoms with E-state index in [0.717, 1.165) is 23.8 Å². The van der Waals surface area contributed by atoms with Crippen LogP contribution in [0.15, 0.2) is 46.8 Å². The molecule has 7 heteroatoms. The summed E-state index contributed by atoms with van der Waals surface area (Å²) in [6, 6.07) is 12.8. The van der Waals surface area contributed by atoms with Crippen molar-refractivity contribution in [2.45, 2.75) is 25.4 Å². The standard InChI is InChI=1S/C20H28N4OS.HI/c1-21-20(22-14-16-8-3-4-9-18(16)25-2)23-15-17(19-10-7-13-26-19)24-11-5-6-12-24;/h3-4,7-10,13,17H,5-6,11-12,14-15H2,1-2H3,(H2,21,22,23);1H. The van der Waals surface area contributed by atoms with E-state index in [0.29, 0.717) is 12.6 Å². The quantitative estimate of drug-likeness (QED) is 0.344. The molecule has 2 heterocycles. The van der Waals surface area contributed by atoms with E-state index in [-0.39, 0.29) is 24.0 Å². The number of halogens is 1. The summed E-state index contributed by atoms with van der Waals surface area (Å²) in [5.41, 5.74) is 1.12. The van der Waals surface area contributed by atoms with E-state index >= 15 is 0 Å². The van der Waals surface area contributed by atoms with Gasteiger partial charge in [0.05, 0.1) is 13.2 Å². The Morgan fingerprint density at radius 1 is 1.19 bits per heavy atom. The van der Waals surface area contributed by atoms with Gasteiger partial charge in [0.15, 0.2) is 5.96 Å². The monoisotopic (exact) mass is 500 g/mol. The topological polar surface area (TPSA) is 48.9 Å². The van der Waals surface area contributed by atoms with Gasteiger partial charge in [0.1, 0.15) is 5.75 Å². The zero-order chi connectivity index (χ0) is 18.2. The Bertz CT molecular complexity index is 702. The second kappa shape index (κ2) is 11.5. The maximum Gasteiger partial charge on any atom is 0.191 e. The Morgan fingerprint density at radius 2 is 1.96 bits per heavy atom. The highest BCUT2D eigenvalue weighted by Crippen LogP contribution is 2.27. The van der Waals surface area contributed by atoms with Crippen LogP contribution in [0.4, 0.5) is 0 Å². The minimum absolute atomic E-state index is 0. The first-order valence-electron chi connectivity index (χ1n) is 9.15. The summed E-state index contributed by atoms with van der Waals surface area (Å²) in [5, 5.41) is 9.06. The number of benzene rings is 1. The van der Waals surface area contributed by atoms with Crippen LogP contribution in [-0.4, -0.2) is 44.7 Å². The molecule has 0 aliphatic carbocycles. The molecule has 27 heavy (non-hydrogen) atoms. The highest BCUT2D eigenvalue weighted by atomic mass is 127. The number of hydrogen-bond acceptors (Lipinski definition) is 4. The van der Waals surface area contributed by atoms with Gasteiger partial charge in [-0.25, -0.2) is 0 Å². The molecule has 1 aliphatic heterocycles. The molecule has 0 bridgehead atoms. The molecule has 1 saturated heterocycles. The second-order valence-corrected chi connectivity index (χ2v) is 7.37. The van der Waals surface area contributed by atoms with E-state index < -0.39 is 0 Å². The number of thiophene rings is 1. The first-order chi connectivity index (χ1) is 12.8.